The molecule has 2 aromatic carbocycles. The number of aromatic amines is 1. The number of nitrogens with one attached hydrogen (secondary N) is 1. The van der Waals surface area contributed by atoms with Crippen LogP contribution in [0.4, 0.5) is 0 Å². The number of rotatable bonds is 7. The molecule has 0 saturated heterocycles. The van der Waals surface area contributed by atoms with Crippen molar-refractivity contribution in [3.8, 4) is 11.5 Å². The first-order valence-corrected chi connectivity index (χ1v) is 8.15. The van der Waals surface area contributed by atoms with Crippen molar-refractivity contribution in [1.82, 2.24) is 4.98 Å². The number of H-pyrrole nitrogens is 1. The molecule has 0 saturated carbocycles. The fraction of sp³-hybridized carbons (Fsp3) is 0.200. The van der Waals surface area contributed by atoms with Crippen molar-refractivity contribution in [2.75, 3.05) is 13.7 Å². The highest BCUT2D eigenvalue weighted by Crippen LogP contribution is 2.25. The molecule has 0 bridgehead atoms. The lowest BCUT2D eigenvalue weighted by Gasteiger charge is -2.13. The van der Waals surface area contributed by atoms with Crippen LogP contribution in [0.1, 0.15) is 17.3 Å². The van der Waals surface area contributed by atoms with Gasteiger partial charge in [-0.25, -0.2) is 4.79 Å². The van der Waals surface area contributed by atoms with E-state index < -0.39 is 12.1 Å². The Bertz CT molecular complexity index is 931. The molecule has 1 N–H and O–H groups in total. The van der Waals surface area contributed by atoms with Gasteiger partial charge in [0.1, 0.15) is 0 Å². The third-order valence-electron chi connectivity index (χ3n) is 3.95. The molecule has 0 unspecified atom stereocenters. The summed E-state index contributed by atoms with van der Waals surface area (Å²) in [6, 6.07) is 14.4. The van der Waals surface area contributed by atoms with Crippen LogP contribution in [0.25, 0.3) is 10.9 Å². The first kappa shape index (κ1) is 17.5. The number of hydrogen-bond acceptors (Lipinski definition) is 5. The molecule has 0 aliphatic carbocycles. The number of methoxy groups -OCH3 is 1. The molecule has 0 aliphatic heterocycles. The number of esters is 1. The number of aromatic nitrogens is 1. The van der Waals surface area contributed by atoms with Crippen LogP contribution >= 0.6 is 0 Å². The Balaban J connectivity index is 1.61. The van der Waals surface area contributed by atoms with Gasteiger partial charge in [0, 0.05) is 22.7 Å². The SMILES string of the molecule is COc1ccccc1OCC(=O)O[C@H](C)C(=O)c1c[nH]c2ccccc12. The lowest BCUT2D eigenvalue weighted by molar-refractivity contribution is -0.148. The number of para-hydroxylation sites is 3. The van der Waals surface area contributed by atoms with Gasteiger partial charge in [-0.15, -0.1) is 0 Å². The van der Waals surface area contributed by atoms with Crippen LogP contribution in [0.2, 0.25) is 0 Å². The Morgan fingerprint density at radius 1 is 1.04 bits per heavy atom. The number of Topliss-reactive ketones (excluding diaryl/α,β-unsaturated/α-hetero) is 1. The highest BCUT2D eigenvalue weighted by atomic mass is 16.6. The highest BCUT2D eigenvalue weighted by molar-refractivity contribution is 6.10. The average Bonchev–Trinajstić information content (AvgIpc) is 3.10. The molecule has 6 nitrogen and oxygen atoms in total. The van der Waals surface area contributed by atoms with Gasteiger partial charge in [0.15, 0.2) is 24.2 Å². The largest absolute Gasteiger partial charge is 0.493 e. The lowest BCUT2D eigenvalue weighted by Crippen LogP contribution is -2.27. The minimum absolute atomic E-state index is 0.270. The molecular formula is C20H19NO5. The second-order valence-electron chi connectivity index (χ2n) is 5.68. The summed E-state index contributed by atoms with van der Waals surface area (Å²) in [5, 5.41) is 0.797. The average molecular weight is 353 g/mol. The molecule has 1 heterocycles. The first-order chi connectivity index (χ1) is 12.6. The smallest absolute Gasteiger partial charge is 0.344 e. The standard InChI is InChI=1S/C20H19NO5/c1-13(20(23)15-11-21-16-8-4-3-7-14(15)16)26-19(22)12-25-18-10-6-5-9-17(18)24-2/h3-11,13,21H,12H2,1-2H3/t13-/m1/s1. The number of ether oxygens (including phenoxy) is 3. The third-order valence-corrected chi connectivity index (χ3v) is 3.95. The molecule has 0 radical (unpaired) electrons. The zero-order valence-corrected chi connectivity index (χ0v) is 14.5. The van der Waals surface area contributed by atoms with Crippen LogP contribution in [-0.4, -0.2) is 36.6 Å². The van der Waals surface area contributed by atoms with E-state index in [2.05, 4.69) is 4.98 Å². The van der Waals surface area contributed by atoms with Crippen molar-refractivity contribution in [3.05, 3.63) is 60.3 Å². The van der Waals surface area contributed by atoms with Gasteiger partial charge in [0.25, 0.3) is 0 Å². The van der Waals surface area contributed by atoms with E-state index in [0.717, 1.165) is 10.9 Å². The van der Waals surface area contributed by atoms with Gasteiger partial charge >= 0.3 is 5.97 Å². The van der Waals surface area contributed by atoms with Gasteiger partial charge in [-0.05, 0) is 25.1 Å². The Kier molecular flexibility index (Phi) is 5.22. The molecule has 26 heavy (non-hydrogen) atoms. The summed E-state index contributed by atoms with van der Waals surface area (Å²) in [6.07, 6.45) is 0.714. The highest BCUT2D eigenvalue weighted by Gasteiger charge is 2.22. The number of fused-ring (bicyclic) bond motifs is 1. The van der Waals surface area contributed by atoms with E-state index >= 15 is 0 Å². The maximum Gasteiger partial charge on any atom is 0.344 e. The molecule has 3 aromatic rings. The summed E-state index contributed by atoms with van der Waals surface area (Å²) in [5.74, 6) is 0.0514. The van der Waals surface area contributed by atoms with Crippen LogP contribution in [0.5, 0.6) is 11.5 Å². The molecule has 0 amide bonds. The van der Waals surface area contributed by atoms with Crippen molar-refractivity contribution in [2.24, 2.45) is 0 Å². The van der Waals surface area contributed by atoms with Gasteiger partial charge in [0.05, 0.1) is 7.11 Å². The summed E-state index contributed by atoms with van der Waals surface area (Å²) in [7, 11) is 1.52. The van der Waals surface area contributed by atoms with Crippen molar-refractivity contribution < 1.29 is 23.8 Å². The minimum atomic E-state index is -0.914. The molecule has 1 atom stereocenters. The van der Waals surface area contributed by atoms with Gasteiger partial charge in [0.2, 0.25) is 5.78 Å². The van der Waals surface area contributed by atoms with Crippen LogP contribution in [0.15, 0.2) is 54.7 Å². The van der Waals surface area contributed by atoms with E-state index in [1.807, 2.05) is 24.3 Å². The van der Waals surface area contributed by atoms with Gasteiger partial charge in [-0.3, -0.25) is 4.79 Å². The number of benzene rings is 2. The van der Waals surface area contributed by atoms with E-state index in [1.165, 1.54) is 7.11 Å². The normalized spacial score (nSPS) is 11.8. The molecule has 3 rings (SSSR count). The molecule has 0 aliphatic rings. The predicted octanol–water partition coefficient (Wildman–Crippen LogP) is 3.37. The van der Waals surface area contributed by atoms with Gasteiger partial charge < -0.3 is 19.2 Å². The van der Waals surface area contributed by atoms with Crippen LogP contribution in [-0.2, 0) is 9.53 Å². The van der Waals surface area contributed by atoms with Crippen LogP contribution in [0, 0.1) is 0 Å². The monoisotopic (exact) mass is 353 g/mol. The fourth-order valence-electron chi connectivity index (χ4n) is 2.65. The summed E-state index contributed by atoms with van der Waals surface area (Å²) in [4.78, 5) is 27.6. The Labute approximate surface area is 150 Å². The molecule has 6 heteroatoms. The minimum Gasteiger partial charge on any atom is -0.493 e. The molecule has 1 aromatic heterocycles. The zero-order chi connectivity index (χ0) is 18.5. The fourth-order valence-corrected chi connectivity index (χ4v) is 2.65. The maximum absolute atomic E-state index is 12.6. The quantitative estimate of drug-likeness (QED) is 0.520. The van der Waals surface area contributed by atoms with E-state index in [0.29, 0.717) is 17.1 Å². The topological polar surface area (TPSA) is 77.6 Å². The van der Waals surface area contributed by atoms with E-state index in [4.69, 9.17) is 14.2 Å². The second-order valence-corrected chi connectivity index (χ2v) is 5.68. The van der Waals surface area contributed by atoms with Crippen LogP contribution < -0.4 is 9.47 Å². The summed E-state index contributed by atoms with van der Waals surface area (Å²) in [5.41, 5.74) is 1.35. The second kappa shape index (κ2) is 7.74. The lowest BCUT2D eigenvalue weighted by atomic mass is 10.1. The number of carbonyl (C=O) groups is 2. The molecule has 0 fully saturated rings. The Hall–Kier alpha value is -3.28. The molecular weight excluding hydrogens is 334 g/mol. The van der Waals surface area contributed by atoms with E-state index in [-0.39, 0.29) is 12.4 Å². The Morgan fingerprint density at radius 3 is 2.50 bits per heavy atom. The van der Waals surface area contributed by atoms with E-state index in [9.17, 15) is 9.59 Å². The van der Waals surface area contributed by atoms with E-state index in [1.54, 1.807) is 37.4 Å². The van der Waals surface area contributed by atoms with Crippen molar-refractivity contribution >= 4 is 22.7 Å². The number of hydrogen-bond donors (Lipinski definition) is 1. The maximum atomic E-state index is 12.6. The zero-order valence-electron chi connectivity index (χ0n) is 14.5. The van der Waals surface area contributed by atoms with Gasteiger partial charge in [-0.1, -0.05) is 30.3 Å². The van der Waals surface area contributed by atoms with Crippen LogP contribution in [0.3, 0.4) is 0 Å². The van der Waals surface area contributed by atoms with Crippen molar-refractivity contribution in [2.45, 2.75) is 13.0 Å². The molecule has 0 spiro atoms. The first-order valence-electron chi connectivity index (χ1n) is 8.15. The van der Waals surface area contributed by atoms with Gasteiger partial charge in [-0.2, -0.15) is 0 Å². The number of ketones is 1. The predicted molar refractivity (Wildman–Crippen MR) is 96.7 cm³/mol. The summed E-state index contributed by atoms with van der Waals surface area (Å²) in [6.45, 7) is 1.23. The summed E-state index contributed by atoms with van der Waals surface area (Å²) < 4.78 is 15.8. The number of carbonyl (C=O) groups excluding carboxylic acids is 2. The Morgan fingerprint density at radius 2 is 1.73 bits per heavy atom. The third kappa shape index (κ3) is 3.69. The van der Waals surface area contributed by atoms with Crippen molar-refractivity contribution in [1.29, 1.82) is 0 Å². The summed E-state index contributed by atoms with van der Waals surface area (Å²) >= 11 is 0. The van der Waals surface area contributed by atoms with Crippen molar-refractivity contribution in [3.63, 3.8) is 0 Å². The molecule has 134 valence electrons.